The quantitative estimate of drug-likeness (QED) is 0.785. The van der Waals surface area contributed by atoms with Crippen molar-refractivity contribution in [2.24, 2.45) is 0 Å². The number of nitrogens with zero attached hydrogens (tertiary/aromatic N) is 1. The molecule has 1 aromatic heterocycles. The van der Waals surface area contributed by atoms with Crippen molar-refractivity contribution < 1.29 is 4.79 Å². The number of H-pyrrole nitrogens is 1. The number of nitrogens with one attached hydrogen (secondary N) is 2. The van der Waals surface area contributed by atoms with Crippen LogP contribution >= 0.6 is 0 Å². The number of para-hydroxylation sites is 1. The van der Waals surface area contributed by atoms with E-state index in [9.17, 15) is 9.59 Å². The van der Waals surface area contributed by atoms with Crippen LogP contribution in [-0.2, 0) is 0 Å². The molecule has 0 aliphatic carbocycles. The molecule has 0 saturated carbocycles. The third-order valence-electron chi connectivity index (χ3n) is 1.94. The highest BCUT2D eigenvalue weighted by molar-refractivity contribution is 6.02. The molecule has 0 unspecified atom stereocenters. The third kappa shape index (κ3) is 2.33. The van der Waals surface area contributed by atoms with Crippen molar-refractivity contribution in [1.29, 1.82) is 0 Å². The number of carbonyl (C=O) groups excluding carboxylic acids is 1. The van der Waals surface area contributed by atoms with Gasteiger partial charge in [0.1, 0.15) is 5.69 Å². The Labute approximate surface area is 91.2 Å². The van der Waals surface area contributed by atoms with Crippen LogP contribution in [0.2, 0.25) is 0 Å². The molecule has 1 heterocycles. The molecule has 5 heteroatoms. The lowest BCUT2D eigenvalue weighted by molar-refractivity contribution is 0.102. The summed E-state index contributed by atoms with van der Waals surface area (Å²) in [6, 6.07) is 9.02. The van der Waals surface area contributed by atoms with Crippen molar-refractivity contribution in [2.75, 3.05) is 5.32 Å². The van der Waals surface area contributed by atoms with E-state index < -0.39 is 0 Å². The van der Waals surface area contributed by atoms with Crippen molar-refractivity contribution >= 4 is 11.6 Å². The zero-order valence-electron chi connectivity index (χ0n) is 8.31. The molecule has 0 aliphatic rings. The predicted octanol–water partition coefficient (Wildman–Crippen LogP) is 1.02. The molecule has 2 rings (SSSR count). The molecule has 0 atom stereocenters. The van der Waals surface area contributed by atoms with Crippen LogP contribution in [0, 0.1) is 0 Å². The fraction of sp³-hybridized carbons (Fsp3) is 0. The minimum absolute atomic E-state index is 0.170. The minimum Gasteiger partial charge on any atom is -0.325 e. The highest BCUT2D eigenvalue weighted by Crippen LogP contribution is 2.06. The molecule has 2 aromatic rings. The number of aromatic amines is 1. The Hall–Kier alpha value is -2.43. The van der Waals surface area contributed by atoms with E-state index >= 15 is 0 Å². The number of amides is 1. The number of anilines is 1. The SMILES string of the molecule is O=C(Nc1ccccc1)c1c[nH]c(=O)cn1. The van der Waals surface area contributed by atoms with Gasteiger partial charge in [-0.05, 0) is 12.1 Å². The normalized spacial score (nSPS) is 9.75. The molecule has 1 aromatic carbocycles. The smallest absolute Gasteiger partial charge is 0.275 e. The van der Waals surface area contributed by atoms with Gasteiger partial charge in [-0.3, -0.25) is 9.59 Å². The van der Waals surface area contributed by atoms with Crippen molar-refractivity contribution in [3.8, 4) is 0 Å². The second kappa shape index (κ2) is 4.39. The lowest BCUT2D eigenvalue weighted by atomic mass is 10.3. The van der Waals surface area contributed by atoms with Crippen LogP contribution in [0.1, 0.15) is 10.5 Å². The van der Waals surface area contributed by atoms with Gasteiger partial charge in [-0.25, -0.2) is 4.98 Å². The van der Waals surface area contributed by atoms with Crippen LogP contribution < -0.4 is 10.9 Å². The standard InChI is InChI=1S/C11H9N3O2/c15-10-7-12-9(6-13-10)11(16)14-8-4-2-1-3-5-8/h1-7H,(H,13,15)(H,14,16). The maximum absolute atomic E-state index is 11.6. The largest absolute Gasteiger partial charge is 0.325 e. The summed E-state index contributed by atoms with van der Waals surface area (Å²) < 4.78 is 0. The first-order valence-electron chi connectivity index (χ1n) is 4.67. The summed E-state index contributed by atoms with van der Waals surface area (Å²) in [5.41, 5.74) is 0.514. The predicted molar refractivity (Wildman–Crippen MR) is 59.3 cm³/mol. The van der Waals surface area contributed by atoms with E-state index in [0.717, 1.165) is 6.20 Å². The molecule has 0 aliphatic heterocycles. The number of aromatic nitrogens is 2. The average Bonchev–Trinajstić information content (AvgIpc) is 2.31. The van der Waals surface area contributed by atoms with E-state index in [-0.39, 0.29) is 17.2 Å². The van der Waals surface area contributed by atoms with E-state index in [1.807, 2.05) is 18.2 Å². The summed E-state index contributed by atoms with van der Waals surface area (Å²) in [7, 11) is 0. The first kappa shape index (κ1) is 10.1. The summed E-state index contributed by atoms with van der Waals surface area (Å²) in [6.45, 7) is 0. The van der Waals surface area contributed by atoms with E-state index in [2.05, 4.69) is 15.3 Å². The van der Waals surface area contributed by atoms with Gasteiger partial charge in [0, 0.05) is 11.9 Å². The summed E-state index contributed by atoms with van der Waals surface area (Å²) in [5, 5.41) is 2.65. The van der Waals surface area contributed by atoms with Gasteiger partial charge in [0.25, 0.3) is 11.5 Å². The fourth-order valence-corrected chi connectivity index (χ4v) is 1.18. The Balaban J connectivity index is 2.15. The molecule has 0 spiro atoms. The molecule has 0 fully saturated rings. The summed E-state index contributed by atoms with van der Waals surface area (Å²) >= 11 is 0. The molecule has 0 bridgehead atoms. The topological polar surface area (TPSA) is 74.8 Å². The Bertz CT molecular complexity index is 528. The average molecular weight is 215 g/mol. The summed E-state index contributed by atoms with van der Waals surface area (Å²) in [6.07, 6.45) is 2.35. The fourth-order valence-electron chi connectivity index (χ4n) is 1.18. The minimum atomic E-state index is -0.359. The highest BCUT2D eigenvalue weighted by Gasteiger charge is 2.06. The molecule has 2 N–H and O–H groups in total. The van der Waals surface area contributed by atoms with E-state index in [4.69, 9.17) is 0 Å². The summed E-state index contributed by atoms with van der Waals surface area (Å²) in [5.74, 6) is -0.359. The monoisotopic (exact) mass is 215 g/mol. The molecule has 80 valence electrons. The van der Waals surface area contributed by atoms with Crippen LogP contribution in [-0.4, -0.2) is 15.9 Å². The van der Waals surface area contributed by atoms with E-state index in [1.54, 1.807) is 12.1 Å². The van der Waals surface area contributed by atoms with Crippen LogP contribution in [0.5, 0.6) is 0 Å². The number of rotatable bonds is 2. The molecule has 1 amide bonds. The second-order valence-electron chi connectivity index (χ2n) is 3.12. The molecule has 16 heavy (non-hydrogen) atoms. The first-order valence-corrected chi connectivity index (χ1v) is 4.67. The van der Waals surface area contributed by atoms with Crippen LogP contribution in [0.3, 0.4) is 0 Å². The van der Waals surface area contributed by atoms with Gasteiger partial charge in [0.15, 0.2) is 0 Å². The van der Waals surface area contributed by atoms with Crippen LogP contribution in [0.4, 0.5) is 5.69 Å². The highest BCUT2D eigenvalue weighted by atomic mass is 16.2. The van der Waals surface area contributed by atoms with Crippen molar-refractivity contribution in [1.82, 2.24) is 9.97 Å². The van der Waals surface area contributed by atoms with Gasteiger partial charge in [-0.1, -0.05) is 18.2 Å². The van der Waals surface area contributed by atoms with Crippen LogP contribution in [0.15, 0.2) is 47.5 Å². The number of carbonyl (C=O) groups is 1. The van der Waals surface area contributed by atoms with Gasteiger partial charge in [0.05, 0.1) is 6.20 Å². The number of hydrogen-bond donors (Lipinski definition) is 2. The lowest BCUT2D eigenvalue weighted by Gasteiger charge is -2.03. The maximum atomic E-state index is 11.6. The molecule has 0 radical (unpaired) electrons. The lowest BCUT2D eigenvalue weighted by Crippen LogP contribution is -2.16. The van der Waals surface area contributed by atoms with Crippen molar-refractivity contribution in [3.63, 3.8) is 0 Å². The molecule has 0 saturated heterocycles. The van der Waals surface area contributed by atoms with E-state index in [1.165, 1.54) is 6.20 Å². The molecular formula is C11H9N3O2. The van der Waals surface area contributed by atoms with Gasteiger partial charge in [0.2, 0.25) is 0 Å². The Morgan fingerprint density at radius 2 is 2.00 bits per heavy atom. The second-order valence-corrected chi connectivity index (χ2v) is 3.12. The van der Waals surface area contributed by atoms with Crippen molar-refractivity contribution in [3.05, 3.63) is 58.8 Å². The maximum Gasteiger partial charge on any atom is 0.275 e. The van der Waals surface area contributed by atoms with Gasteiger partial charge < -0.3 is 10.3 Å². The number of benzene rings is 1. The van der Waals surface area contributed by atoms with Crippen LogP contribution in [0.25, 0.3) is 0 Å². The Morgan fingerprint density at radius 3 is 2.62 bits per heavy atom. The van der Waals surface area contributed by atoms with Crippen molar-refractivity contribution in [2.45, 2.75) is 0 Å². The van der Waals surface area contributed by atoms with Gasteiger partial charge >= 0.3 is 0 Å². The summed E-state index contributed by atoms with van der Waals surface area (Å²) in [4.78, 5) is 28.5. The van der Waals surface area contributed by atoms with E-state index in [0.29, 0.717) is 5.69 Å². The molecular weight excluding hydrogens is 206 g/mol. The first-order chi connectivity index (χ1) is 7.75. The van der Waals surface area contributed by atoms with Gasteiger partial charge in [-0.15, -0.1) is 0 Å². The Kier molecular flexibility index (Phi) is 2.77. The zero-order chi connectivity index (χ0) is 11.4. The molecule has 5 nitrogen and oxygen atoms in total. The number of hydrogen-bond acceptors (Lipinski definition) is 3. The zero-order valence-corrected chi connectivity index (χ0v) is 8.31. The van der Waals surface area contributed by atoms with Gasteiger partial charge in [-0.2, -0.15) is 0 Å². The third-order valence-corrected chi connectivity index (χ3v) is 1.94. The Morgan fingerprint density at radius 1 is 1.25 bits per heavy atom.